The van der Waals surface area contributed by atoms with Crippen LogP contribution in [0.25, 0.3) is 0 Å². The molecule has 0 amide bonds. The van der Waals surface area contributed by atoms with Crippen molar-refractivity contribution in [2.24, 2.45) is 5.41 Å². The third-order valence-electron chi connectivity index (χ3n) is 1.36. The summed E-state index contributed by atoms with van der Waals surface area (Å²) in [5, 5.41) is 9.41. The minimum Gasteiger partial charge on any atom is -0.390 e. The van der Waals surface area contributed by atoms with Crippen LogP contribution in [0.4, 0.5) is 0 Å². The van der Waals surface area contributed by atoms with Gasteiger partial charge in [-0.05, 0) is 19.3 Å². The third-order valence-corrected chi connectivity index (χ3v) is 4.07. The van der Waals surface area contributed by atoms with E-state index in [-0.39, 0.29) is 5.41 Å². The third kappa shape index (κ3) is 8.29. The van der Waals surface area contributed by atoms with Gasteiger partial charge < -0.3 is 9.67 Å². The van der Waals surface area contributed by atoms with Crippen LogP contribution in [0.2, 0.25) is 0 Å². The van der Waals surface area contributed by atoms with E-state index in [2.05, 4.69) is 20.8 Å². The van der Waals surface area contributed by atoms with Gasteiger partial charge in [0.1, 0.15) is 0 Å². The Labute approximate surface area is 76.2 Å². The van der Waals surface area contributed by atoms with Gasteiger partial charge in [0.05, 0.1) is 13.4 Å². The molecule has 1 unspecified atom stereocenters. The smallest absolute Gasteiger partial charge is 0.0795 e. The van der Waals surface area contributed by atoms with Crippen LogP contribution < -0.4 is 0 Å². The SMILES string of the molecule is CC(C)(C)C[PH](=O)CC(C)(C)O. The second-order valence-corrected chi connectivity index (χ2v) is 7.05. The summed E-state index contributed by atoms with van der Waals surface area (Å²) in [4.78, 5) is 0. The number of hydrogen-bond donors (Lipinski definition) is 1. The normalized spacial score (nSPS) is 16.2. The molecule has 0 aromatic rings. The molecule has 0 bridgehead atoms. The Morgan fingerprint density at radius 1 is 1.08 bits per heavy atom. The highest BCUT2D eigenvalue weighted by atomic mass is 31.1. The summed E-state index contributed by atoms with van der Waals surface area (Å²) in [6, 6.07) is 0. The standard InChI is InChI=1S/C9H21O2P/c1-8(2,3)6-12(11)7-9(4,5)10/h10,12H,6-7H2,1-5H3. The monoisotopic (exact) mass is 192 g/mol. The van der Waals surface area contributed by atoms with Gasteiger partial charge in [0.2, 0.25) is 0 Å². The molecule has 0 aliphatic rings. The van der Waals surface area contributed by atoms with E-state index >= 15 is 0 Å². The molecule has 0 saturated heterocycles. The lowest BCUT2D eigenvalue weighted by Gasteiger charge is -2.21. The lowest BCUT2D eigenvalue weighted by molar-refractivity contribution is 0.105. The molecule has 0 aliphatic heterocycles. The van der Waals surface area contributed by atoms with Crippen LogP contribution in [-0.2, 0) is 4.57 Å². The molecule has 0 spiro atoms. The molecule has 0 radical (unpaired) electrons. The molecule has 0 heterocycles. The van der Waals surface area contributed by atoms with Gasteiger partial charge >= 0.3 is 0 Å². The summed E-state index contributed by atoms with van der Waals surface area (Å²) in [6.07, 6.45) is 1.16. The molecule has 74 valence electrons. The Bertz CT molecular complexity index is 144. The highest BCUT2D eigenvalue weighted by Crippen LogP contribution is 2.33. The Balaban J connectivity index is 3.92. The van der Waals surface area contributed by atoms with Gasteiger partial charge in [-0.1, -0.05) is 20.8 Å². The summed E-state index contributed by atoms with van der Waals surface area (Å²) in [5.74, 6) is 0. The zero-order valence-corrected chi connectivity index (χ0v) is 9.77. The van der Waals surface area contributed by atoms with Gasteiger partial charge in [-0.25, -0.2) is 0 Å². The van der Waals surface area contributed by atoms with Crippen LogP contribution in [0.5, 0.6) is 0 Å². The van der Waals surface area contributed by atoms with Gasteiger partial charge in [-0.2, -0.15) is 0 Å². The molecule has 0 aliphatic carbocycles. The first-order valence-corrected chi connectivity index (χ1v) is 6.16. The molecule has 0 rings (SSSR count). The fourth-order valence-corrected chi connectivity index (χ4v) is 3.41. The molecule has 0 saturated carbocycles. The first-order chi connectivity index (χ1) is 5.10. The zero-order chi connectivity index (χ0) is 9.99. The number of aliphatic hydroxyl groups is 1. The van der Waals surface area contributed by atoms with Crippen LogP contribution in [0, 0.1) is 5.41 Å². The van der Waals surface area contributed by atoms with Crippen molar-refractivity contribution < 1.29 is 9.67 Å². The quantitative estimate of drug-likeness (QED) is 0.697. The zero-order valence-electron chi connectivity index (χ0n) is 8.77. The fraction of sp³-hybridized carbons (Fsp3) is 1.00. The maximum Gasteiger partial charge on any atom is 0.0795 e. The molecule has 1 atom stereocenters. The highest BCUT2D eigenvalue weighted by molar-refractivity contribution is 7.44. The molecule has 2 nitrogen and oxygen atoms in total. The fourth-order valence-electron chi connectivity index (χ4n) is 1.14. The van der Waals surface area contributed by atoms with E-state index < -0.39 is 13.4 Å². The molecule has 3 heteroatoms. The van der Waals surface area contributed by atoms with Crippen LogP contribution in [0.15, 0.2) is 0 Å². The van der Waals surface area contributed by atoms with Crippen molar-refractivity contribution in [1.29, 1.82) is 0 Å². The van der Waals surface area contributed by atoms with Gasteiger partial charge in [0, 0.05) is 12.3 Å². The second kappa shape index (κ2) is 3.93. The number of rotatable bonds is 3. The van der Waals surface area contributed by atoms with Crippen molar-refractivity contribution in [3.8, 4) is 0 Å². The lowest BCUT2D eigenvalue weighted by atomic mass is 10.0. The molecule has 0 fully saturated rings. The summed E-state index contributed by atoms with van der Waals surface area (Å²) in [5.41, 5.74) is -0.664. The Hall–Kier alpha value is 0.190. The van der Waals surface area contributed by atoms with Gasteiger partial charge in [-0.3, -0.25) is 0 Å². The predicted molar refractivity (Wildman–Crippen MR) is 54.5 cm³/mol. The van der Waals surface area contributed by atoms with E-state index in [0.717, 1.165) is 6.16 Å². The highest BCUT2D eigenvalue weighted by Gasteiger charge is 2.21. The molecule has 1 N–H and O–H groups in total. The Kier molecular flexibility index (Phi) is 3.99. The van der Waals surface area contributed by atoms with Crippen LogP contribution in [0.1, 0.15) is 34.6 Å². The largest absolute Gasteiger partial charge is 0.390 e. The van der Waals surface area contributed by atoms with Crippen molar-refractivity contribution in [3.05, 3.63) is 0 Å². The van der Waals surface area contributed by atoms with Crippen molar-refractivity contribution >= 4 is 7.80 Å². The van der Waals surface area contributed by atoms with Gasteiger partial charge in [0.15, 0.2) is 0 Å². The van der Waals surface area contributed by atoms with Crippen molar-refractivity contribution in [2.45, 2.75) is 40.2 Å². The van der Waals surface area contributed by atoms with Crippen LogP contribution in [-0.4, -0.2) is 23.0 Å². The lowest BCUT2D eigenvalue weighted by Crippen LogP contribution is -2.23. The van der Waals surface area contributed by atoms with Gasteiger partial charge in [-0.15, -0.1) is 0 Å². The first kappa shape index (κ1) is 12.2. The second-order valence-electron chi connectivity index (χ2n) is 5.27. The van der Waals surface area contributed by atoms with E-state index in [1.807, 2.05) is 0 Å². The van der Waals surface area contributed by atoms with Crippen molar-refractivity contribution in [3.63, 3.8) is 0 Å². The minimum atomic E-state index is -1.60. The van der Waals surface area contributed by atoms with E-state index in [9.17, 15) is 9.67 Å². The van der Waals surface area contributed by atoms with Crippen molar-refractivity contribution in [1.82, 2.24) is 0 Å². The molecule has 12 heavy (non-hydrogen) atoms. The molecular weight excluding hydrogens is 171 g/mol. The maximum atomic E-state index is 11.5. The summed E-state index contributed by atoms with van der Waals surface area (Å²) in [7, 11) is -1.60. The molecule has 0 aromatic carbocycles. The molecule has 0 aromatic heterocycles. The first-order valence-electron chi connectivity index (χ1n) is 4.34. The van der Waals surface area contributed by atoms with E-state index in [4.69, 9.17) is 0 Å². The topological polar surface area (TPSA) is 37.3 Å². The predicted octanol–water partition coefficient (Wildman–Crippen LogP) is 2.36. The Morgan fingerprint density at radius 3 is 1.75 bits per heavy atom. The summed E-state index contributed by atoms with van der Waals surface area (Å²) < 4.78 is 11.5. The van der Waals surface area contributed by atoms with Gasteiger partial charge in [0.25, 0.3) is 0 Å². The maximum absolute atomic E-state index is 11.5. The average Bonchev–Trinajstić information content (AvgIpc) is 1.49. The average molecular weight is 192 g/mol. The number of hydrogen-bond acceptors (Lipinski definition) is 2. The summed E-state index contributed by atoms with van der Waals surface area (Å²) in [6.45, 7) is 9.62. The van der Waals surface area contributed by atoms with Crippen LogP contribution in [0.3, 0.4) is 0 Å². The van der Waals surface area contributed by atoms with Crippen molar-refractivity contribution in [2.75, 3.05) is 12.3 Å². The summed E-state index contributed by atoms with van der Waals surface area (Å²) >= 11 is 0. The van der Waals surface area contributed by atoms with E-state index in [1.165, 1.54) is 0 Å². The molecular formula is C9H21O2P. The van der Waals surface area contributed by atoms with E-state index in [0.29, 0.717) is 6.16 Å². The Morgan fingerprint density at radius 2 is 1.50 bits per heavy atom. The van der Waals surface area contributed by atoms with Crippen LogP contribution >= 0.6 is 7.80 Å². The minimum absolute atomic E-state index is 0.112. The van der Waals surface area contributed by atoms with E-state index in [1.54, 1.807) is 13.8 Å².